The maximum absolute atomic E-state index is 11.8. The molecule has 0 unspecified atom stereocenters. The highest BCUT2D eigenvalue weighted by Crippen LogP contribution is 1.97. The molecule has 0 amide bonds. The van der Waals surface area contributed by atoms with Crippen LogP contribution in [0.4, 0.5) is 4.39 Å². The Morgan fingerprint density at radius 3 is 3.08 bits per heavy atom. The van der Waals surface area contributed by atoms with Crippen LogP contribution in [0.5, 0.6) is 0 Å². The average molecular weight is 187 g/mol. The van der Waals surface area contributed by atoms with Gasteiger partial charge in [-0.05, 0) is 0 Å². The van der Waals surface area contributed by atoms with Crippen LogP contribution in [-0.4, -0.2) is 32.7 Å². The van der Waals surface area contributed by atoms with Gasteiger partial charge in [-0.1, -0.05) is 5.21 Å². The molecule has 0 aliphatic rings. The molecule has 1 aromatic rings. The van der Waals surface area contributed by atoms with E-state index >= 15 is 0 Å². The lowest BCUT2D eigenvalue weighted by molar-refractivity contribution is -0.136. The number of hydrogen-bond acceptors (Lipinski definition) is 3. The Labute approximate surface area is 74.2 Å². The Hall–Kier alpha value is -1.46. The third kappa shape index (κ3) is 3.18. The van der Waals surface area contributed by atoms with Crippen molar-refractivity contribution >= 4 is 5.97 Å². The molecule has 6 heteroatoms. The van der Waals surface area contributed by atoms with E-state index in [0.717, 1.165) is 0 Å². The molecule has 5 nitrogen and oxygen atoms in total. The summed E-state index contributed by atoms with van der Waals surface area (Å²) in [6.45, 7) is -0.332. The molecule has 1 N–H and O–H groups in total. The molecule has 0 aliphatic heterocycles. The van der Waals surface area contributed by atoms with Crippen LogP contribution in [0.25, 0.3) is 0 Å². The molecule has 0 bridgehead atoms. The zero-order valence-electron chi connectivity index (χ0n) is 6.98. The second kappa shape index (κ2) is 4.54. The summed E-state index contributed by atoms with van der Waals surface area (Å²) < 4.78 is 13.2. The predicted molar refractivity (Wildman–Crippen MR) is 42.0 cm³/mol. The minimum absolute atomic E-state index is 0.0221. The first kappa shape index (κ1) is 9.63. The maximum Gasteiger partial charge on any atom is 0.303 e. The zero-order chi connectivity index (χ0) is 9.68. The fourth-order valence-corrected chi connectivity index (χ4v) is 0.884. The second-order valence-electron chi connectivity index (χ2n) is 2.56. The summed E-state index contributed by atoms with van der Waals surface area (Å²) in [6.07, 6.45) is 1.92. The SMILES string of the molecule is O=C(O)CCc1cn(CCF)nn1. The molecule has 0 saturated carbocycles. The largest absolute Gasteiger partial charge is 0.481 e. The van der Waals surface area contributed by atoms with Crippen molar-refractivity contribution in [3.63, 3.8) is 0 Å². The van der Waals surface area contributed by atoms with Crippen LogP contribution in [-0.2, 0) is 17.8 Å². The molecule has 0 aromatic carbocycles. The molecule has 0 aliphatic carbocycles. The van der Waals surface area contributed by atoms with Crippen molar-refractivity contribution in [1.29, 1.82) is 0 Å². The van der Waals surface area contributed by atoms with Gasteiger partial charge in [-0.3, -0.25) is 4.79 Å². The molecule has 1 rings (SSSR count). The quantitative estimate of drug-likeness (QED) is 0.718. The second-order valence-corrected chi connectivity index (χ2v) is 2.56. The highest BCUT2D eigenvalue weighted by molar-refractivity contribution is 5.66. The lowest BCUT2D eigenvalue weighted by atomic mass is 10.2. The van der Waals surface area contributed by atoms with E-state index in [0.29, 0.717) is 12.1 Å². The number of carboxylic acids is 1. The number of alkyl halides is 1. The van der Waals surface area contributed by atoms with Gasteiger partial charge in [0, 0.05) is 12.6 Å². The molecule has 0 saturated heterocycles. The lowest BCUT2D eigenvalue weighted by Gasteiger charge is -1.91. The van der Waals surface area contributed by atoms with E-state index in [9.17, 15) is 9.18 Å². The molecular weight excluding hydrogens is 177 g/mol. The van der Waals surface area contributed by atoms with E-state index in [1.54, 1.807) is 6.20 Å². The van der Waals surface area contributed by atoms with Gasteiger partial charge < -0.3 is 5.11 Å². The number of halogens is 1. The van der Waals surface area contributed by atoms with E-state index in [1.165, 1.54) is 4.68 Å². The lowest BCUT2D eigenvalue weighted by Crippen LogP contribution is -1.99. The predicted octanol–water partition coefficient (Wildman–Crippen LogP) is 0.265. The number of aromatic nitrogens is 3. The Kier molecular flexibility index (Phi) is 3.36. The molecule has 72 valence electrons. The summed E-state index contributed by atoms with van der Waals surface area (Å²) in [5, 5.41) is 15.7. The van der Waals surface area contributed by atoms with Crippen molar-refractivity contribution in [2.24, 2.45) is 0 Å². The molecule has 0 spiro atoms. The van der Waals surface area contributed by atoms with Gasteiger partial charge >= 0.3 is 5.97 Å². The van der Waals surface area contributed by atoms with Crippen LogP contribution in [0.2, 0.25) is 0 Å². The molecule has 1 heterocycles. The highest BCUT2D eigenvalue weighted by atomic mass is 19.1. The van der Waals surface area contributed by atoms with Crippen LogP contribution in [0.15, 0.2) is 6.20 Å². The maximum atomic E-state index is 11.8. The van der Waals surface area contributed by atoms with Crippen molar-refractivity contribution in [3.8, 4) is 0 Å². The first-order chi connectivity index (χ1) is 6.22. The Balaban J connectivity index is 2.44. The fourth-order valence-electron chi connectivity index (χ4n) is 0.884. The molecule has 0 fully saturated rings. The van der Waals surface area contributed by atoms with Crippen LogP contribution in [0.1, 0.15) is 12.1 Å². The fraction of sp³-hybridized carbons (Fsp3) is 0.571. The van der Waals surface area contributed by atoms with E-state index < -0.39 is 12.6 Å². The summed E-state index contributed by atoms with van der Waals surface area (Å²) in [7, 11) is 0. The van der Waals surface area contributed by atoms with Crippen molar-refractivity contribution < 1.29 is 14.3 Å². The normalized spacial score (nSPS) is 10.2. The standard InChI is InChI=1S/C7H10FN3O2/c8-3-4-11-5-6(9-10-11)1-2-7(12)13/h5H,1-4H2,(H,12,13). The van der Waals surface area contributed by atoms with Crippen molar-refractivity contribution in [2.45, 2.75) is 19.4 Å². The summed E-state index contributed by atoms with van der Waals surface area (Å²) in [5.41, 5.74) is 0.579. The minimum atomic E-state index is -0.875. The number of hydrogen-bond donors (Lipinski definition) is 1. The van der Waals surface area contributed by atoms with Gasteiger partial charge in [-0.15, -0.1) is 5.10 Å². The average Bonchev–Trinajstić information content (AvgIpc) is 2.50. The van der Waals surface area contributed by atoms with Gasteiger partial charge in [0.2, 0.25) is 0 Å². The summed E-state index contributed by atoms with van der Waals surface area (Å²) >= 11 is 0. The molecule has 1 aromatic heterocycles. The third-order valence-electron chi connectivity index (χ3n) is 1.49. The van der Waals surface area contributed by atoms with E-state index in [4.69, 9.17) is 5.11 Å². The smallest absolute Gasteiger partial charge is 0.303 e. The van der Waals surface area contributed by atoms with E-state index in [2.05, 4.69) is 10.3 Å². The van der Waals surface area contributed by atoms with E-state index in [1.807, 2.05) is 0 Å². The number of aliphatic carboxylic acids is 1. The molecule has 13 heavy (non-hydrogen) atoms. The number of nitrogens with zero attached hydrogens (tertiary/aromatic N) is 3. The number of carboxylic acid groups (broad SMARTS) is 1. The molecule has 0 radical (unpaired) electrons. The first-order valence-corrected chi connectivity index (χ1v) is 3.89. The summed E-state index contributed by atoms with van der Waals surface area (Å²) in [6, 6.07) is 0. The Bertz CT molecular complexity index is 287. The van der Waals surface area contributed by atoms with Crippen LogP contribution >= 0.6 is 0 Å². The van der Waals surface area contributed by atoms with Crippen LogP contribution in [0.3, 0.4) is 0 Å². The highest BCUT2D eigenvalue weighted by Gasteiger charge is 2.03. The number of aryl methyl sites for hydroxylation is 2. The van der Waals surface area contributed by atoms with Gasteiger partial charge in [-0.25, -0.2) is 9.07 Å². The monoisotopic (exact) mass is 187 g/mol. The van der Waals surface area contributed by atoms with Gasteiger partial charge in [0.15, 0.2) is 0 Å². The van der Waals surface area contributed by atoms with Gasteiger partial charge in [0.05, 0.1) is 18.7 Å². The summed E-state index contributed by atoms with van der Waals surface area (Å²) in [4.78, 5) is 10.2. The van der Waals surface area contributed by atoms with Gasteiger partial charge in [-0.2, -0.15) is 0 Å². The number of carbonyl (C=O) groups is 1. The van der Waals surface area contributed by atoms with Crippen molar-refractivity contribution in [1.82, 2.24) is 15.0 Å². The third-order valence-corrected chi connectivity index (χ3v) is 1.49. The Morgan fingerprint density at radius 1 is 1.69 bits per heavy atom. The minimum Gasteiger partial charge on any atom is -0.481 e. The molecular formula is C7H10FN3O2. The van der Waals surface area contributed by atoms with Crippen LogP contribution in [0, 0.1) is 0 Å². The van der Waals surface area contributed by atoms with Gasteiger partial charge in [0.25, 0.3) is 0 Å². The Morgan fingerprint density at radius 2 is 2.46 bits per heavy atom. The van der Waals surface area contributed by atoms with Gasteiger partial charge in [0.1, 0.15) is 6.67 Å². The topological polar surface area (TPSA) is 68.0 Å². The van der Waals surface area contributed by atoms with Crippen molar-refractivity contribution in [2.75, 3.05) is 6.67 Å². The number of rotatable bonds is 5. The molecule has 0 atom stereocenters. The first-order valence-electron chi connectivity index (χ1n) is 3.89. The van der Waals surface area contributed by atoms with Crippen molar-refractivity contribution in [3.05, 3.63) is 11.9 Å². The van der Waals surface area contributed by atoms with E-state index in [-0.39, 0.29) is 13.0 Å². The summed E-state index contributed by atoms with van der Waals surface area (Å²) in [5.74, 6) is -0.875. The zero-order valence-corrected chi connectivity index (χ0v) is 6.98. The van der Waals surface area contributed by atoms with Crippen LogP contribution < -0.4 is 0 Å².